The molecule has 4 unspecified atom stereocenters. The van der Waals surface area contributed by atoms with E-state index in [0.717, 1.165) is 46.1 Å². The van der Waals surface area contributed by atoms with Gasteiger partial charge in [-0.05, 0) is 49.3 Å². The van der Waals surface area contributed by atoms with Crippen LogP contribution in [0.5, 0.6) is 0 Å². The summed E-state index contributed by atoms with van der Waals surface area (Å²) in [6.07, 6.45) is 3.00. The molecule has 0 spiro atoms. The van der Waals surface area contributed by atoms with E-state index in [0.29, 0.717) is 33.9 Å². The van der Waals surface area contributed by atoms with Gasteiger partial charge < -0.3 is 34.9 Å². The molecule has 4 atom stereocenters. The molecule has 24 heteroatoms. The Kier molecular flexibility index (Phi) is 15.4. The number of aromatic nitrogens is 1. The van der Waals surface area contributed by atoms with E-state index in [4.69, 9.17) is 19.4 Å². The number of β-lactam (4-membered cyclic amide) rings is 2. The summed E-state index contributed by atoms with van der Waals surface area (Å²) in [6, 6.07) is 5.11. The summed E-state index contributed by atoms with van der Waals surface area (Å²) in [4.78, 5) is 103. The number of allylic oxidation sites excluding steroid dienone is 2. The number of oxime groups is 2. The molecule has 19 nitrogen and oxygen atoms in total. The number of anilines is 1. The molecule has 0 radical (unpaired) electrons. The van der Waals surface area contributed by atoms with Crippen molar-refractivity contribution in [1.82, 2.24) is 25.4 Å². The number of carbonyl (C=O) groups excluding carboxylic acids is 7. The summed E-state index contributed by atoms with van der Waals surface area (Å²) in [7, 11) is 2.56. The van der Waals surface area contributed by atoms with Crippen LogP contribution in [0.1, 0.15) is 54.0 Å². The second kappa shape index (κ2) is 20.7. The molecular weight excluding hydrogens is 905 g/mol. The minimum Gasteiger partial charge on any atom is -0.460 e. The Bertz CT molecular complexity index is 2360. The van der Waals surface area contributed by atoms with Crippen molar-refractivity contribution < 1.29 is 52.1 Å². The molecule has 0 aromatic carbocycles. The molecule has 7 rings (SSSR count). The summed E-state index contributed by atoms with van der Waals surface area (Å²) in [6.45, 7) is 5.29. The molecule has 2 saturated heterocycles. The van der Waals surface area contributed by atoms with E-state index in [2.05, 4.69) is 30.8 Å². The molecule has 4 aliphatic rings. The maximum Gasteiger partial charge on any atom is 0.277 e. The topological polar surface area (TPSA) is 258 Å². The van der Waals surface area contributed by atoms with Crippen LogP contribution < -0.4 is 16.4 Å². The Labute approximate surface area is 375 Å². The predicted molar refractivity (Wildman–Crippen MR) is 236 cm³/mol. The highest BCUT2D eigenvalue weighted by molar-refractivity contribution is 8.14. The highest BCUT2D eigenvalue weighted by Gasteiger charge is 2.53. The number of ketones is 1. The van der Waals surface area contributed by atoms with E-state index in [1.165, 1.54) is 61.6 Å². The number of hydrogen-bond donors (Lipinski definition) is 3. The first-order valence-electron chi connectivity index (χ1n) is 18.6. The first kappa shape index (κ1) is 46.2. The van der Waals surface area contributed by atoms with Gasteiger partial charge in [-0.15, -0.1) is 34.9 Å². The van der Waals surface area contributed by atoms with Crippen molar-refractivity contribution in [3.63, 3.8) is 0 Å². The van der Waals surface area contributed by atoms with Crippen LogP contribution in [0.15, 0.2) is 83.9 Å². The molecule has 4 amide bonds. The summed E-state index contributed by atoms with van der Waals surface area (Å²) < 4.78 is 10.2. The van der Waals surface area contributed by atoms with Crippen LogP contribution in [0.2, 0.25) is 0 Å². The average molecular weight is 945 g/mol. The molecule has 0 bridgehead atoms. The summed E-state index contributed by atoms with van der Waals surface area (Å²) in [5.41, 5.74) is 9.08. The van der Waals surface area contributed by atoms with Gasteiger partial charge in [-0.3, -0.25) is 43.4 Å². The summed E-state index contributed by atoms with van der Waals surface area (Å²) in [5, 5.41) is 13.6. The first-order valence-corrected chi connectivity index (χ1v) is 23.5. The van der Waals surface area contributed by atoms with Crippen LogP contribution in [-0.4, -0.2) is 126 Å². The molecule has 3 aromatic rings. The molecule has 62 heavy (non-hydrogen) atoms. The quantitative estimate of drug-likeness (QED) is 0.0849. The fourth-order valence-electron chi connectivity index (χ4n) is 6.29. The van der Waals surface area contributed by atoms with Crippen LogP contribution in [0.25, 0.3) is 0 Å². The number of rotatable bonds is 15. The number of nitrogens with one attached hydrogen (secondary N) is 2. The molecule has 2 fully saturated rings. The van der Waals surface area contributed by atoms with Gasteiger partial charge in [0.25, 0.3) is 33.9 Å². The fourth-order valence-corrected chi connectivity index (χ4v) is 11.8. The second-order valence-corrected chi connectivity index (χ2v) is 18.3. The van der Waals surface area contributed by atoms with Crippen molar-refractivity contribution >= 4 is 115 Å². The molecule has 7 heterocycles. The van der Waals surface area contributed by atoms with Crippen molar-refractivity contribution in [2.24, 2.45) is 10.3 Å². The van der Waals surface area contributed by atoms with Gasteiger partial charge in [0.1, 0.15) is 42.7 Å². The van der Waals surface area contributed by atoms with Crippen molar-refractivity contribution in [2.75, 3.05) is 43.0 Å². The average Bonchev–Trinajstić information content (AvgIpc) is 4.09. The lowest BCUT2D eigenvalue weighted by Crippen LogP contribution is -2.70. The van der Waals surface area contributed by atoms with Crippen molar-refractivity contribution in [1.29, 1.82) is 0 Å². The summed E-state index contributed by atoms with van der Waals surface area (Å²) in [5.74, 6) is 0.517. The van der Waals surface area contributed by atoms with Gasteiger partial charge in [-0.1, -0.05) is 40.8 Å². The smallest absolute Gasteiger partial charge is 0.277 e. The fraction of sp³-hybridized carbons (Fsp3) is 0.368. The van der Waals surface area contributed by atoms with E-state index < -0.39 is 29.7 Å². The Morgan fingerprint density at radius 1 is 0.839 bits per heavy atom. The highest BCUT2D eigenvalue weighted by Crippen LogP contribution is 2.42. The number of carbonyl (C=O) groups is 7. The Morgan fingerprint density at radius 3 is 1.76 bits per heavy atom. The SMILES string of the molecule is CCC(=O)/C(=N/OC)C(=O)NC1C(=O)N2C(C)=C(CSC(=O)c3ccco3)CSC12.CO/N=C(\C(=O)NC1C(=O)N2C(C)=C(CSC(=O)c3ccco3)CSC12)c1csc(N)n1. The number of thioether (sulfide) groups is 4. The number of furan rings is 2. The minimum atomic E-state index is -0.747. The third kappa shape index (κ3) is 9.98. The van der Waals surface area contributed by atoms with Gasteiger partial charge in [0.05, 0.1) is 12.5 Å². The molecular formula is C38H40N8O11S5. The van der Waals surface area contributed by atoms with E-state index in [1.54, 1.807) is 46.4 Å². The van der Waals surface area contributed by atoms with Gasteiger partial charge in [-0.25, -0.2) is 4.98 Å². The van der Waals surface area contributed by atoms with Crippen LogP contribution in [0.3, 0.4) is 0 Å². The highest BCUT2D eigenvalue weighted by atomic mass is 32.2. The molecule has 0 aliphatic carbocycles. The lowest BCUT2D eigenvalue weighted by molar-refractivity contribution is -0.145. The minimum absolute atomic E-state index is 0.0479. The van der Waals surface area contributed by atoms with Gasteiger partial charge in [0, 0.05) is 46.2 Å². The van der Waals surface area contributed by atoms with Crippen LogP contribution in [0, 0.1) is 0 Å². The number of fused-ring (bicyclic) bond motifs is 2. The third-order valence-corrected chi connectivity index (χ3v) is 14.9. The van der Waals surface area contributed by atoms with E-state index in [-0.39, 0.29) is 62.1 Å². The maximum absolute atomic E-state index is 12.8. The zero-order valence-corrected chi connectivity index (χ0v) is 37.8. The predicted octanol–water partition coefficient (Wildman–Crippen LogP) is 3.72. The first-order chi connectivity index (χ1) is 29.8. The number of nitrogen functional groups attached to an aromatic ring is 1. The molecule has 4 N–H and O–H groups in total. The largest absolute Gasteiger partial charge is 0.460 e. The van der Waals surface area contributed by atoms with Gasteiger partial charge in [0.2, 0.25) is 5.71 Å². The monoisotopic (exact) mass is 944 g/mol. The second-order valence-electron chi connectivity index (χ2n) is 13.3. The van der Waals surface area contributed by atoms with Crippen LogP contribution in [0.4, 0.5) is 5.13 Å². The summed E-state index contributed by atoms with van der Waals surface area (Å²) >= 11 is 6.46. The van der Waals surface area contributed by atoms with Gasteiger partial charge in [0.15, 0.2) is 28.1 Å². The lowest BCUT2D eigenvalue weighted by atomic mass is 10.0. The molecule has 0 saturated carbocycles. The Hall–Kier alpha value is -5.30. The number of hydrogen-bond acceptors (Lipinski definition) is 20. The maximum atomic E-state index is 12.8. The van der Waals surface area contributed by atoms with E-state index in [9.17, 15) is 33.6 Å². The Morgan fingerprint density at radius 2 is 1.34 bits per heavy atom. The number of amides is 4. The lowest BCUT2D eigenvalue weighted by Gasteiger charge is -2.50. The molecule has 328 valence electrons. The van der Waals surface area contributed by atoms with Crippen molar-refractivity contribution in [2.45, 2.75) is 50.0 Å². The molecule has 3 aromatic heterocycles. The zero-order chi connectivity index (χ0) is 44.7. The van der Waals surface area contributed by atoms with E-state index >= 15 is 0 Å². The standard InChI is InChI=1S/C19H19N5O5S3.C19H21N3O6S2/c1-9-10(7-31-18(27)12-4-3-5-29-12)6-30-17-14(16(26)24(9)17)22-15(25)13(23-28-2)11-8-32-19(20)21-11;1-4-12(23)14(21-27-3)16(24)20-15-17(25)22-10(2)11(8-29-18(15)22)9-30-19(26)13-6-5-7-28-13/h3-5,8,14,17H,6-7H2,1-2H3,(H2,20,21)(H,22,25);5-7,15,18H,4,8-9H2,1-3H3,(H,20,24)/b23-13-;21-14-. The van der Waals surface area contributed by atoms with Gasteiger partial charge >= 0.3 is 0 Å². The van der Waals surface area contributed by atoms with Crippen LogP contribution in [-0.2, 0) is 33.6 Å². The third-order valence-electron chi connectivity index (χ3n) is 9.61. The molecule has 4 aliphatic heterocycles. The normalized spacial score (nSPS) is 20.9. The number of nitrogens with two attached hydrogens (primary N) is 1. The van der Waals surface area contributed by atoms with Crippen LogP contribution >= 0.6 is 58.4 Å². The number of thiazole rings is 1. The van der Waals surface area contributed by atoms with Crippen molar-refractivity contribution in [3.8, 4) is 0 Å². The van der Waals surface area contributed by atoms with E-state index in [1.807, 2.05) is 13.8 Å². The van der Waals surface area contributed by atoms with Gasteiger partial charge in [-0.2, -0.15) is 0 Å². The Balaban J connectivity index is 0.000000207. The van der Waals surface area contributed by atoms with Crippen molar-refractivity contribution in [3.05, 3.63) is 81.9 Å². The zero-order valence-electron chi connectivity index (χ0n) is 33.7. The number of nitrogens with zero attached hydrogens (tertiary/aromatic N) is 5. The number of Topliss-reactive ketones (excluding diaryl/α,β-unsaturated/α-hetero) is 1.